The summed E-state index contributed by atoms with van der Waals surface area (Å²) in [4.78, 5) is 4.13. The number of methoxy groups -OCH3 is 1. The van der Waals surface area contributed by atoms with E-state index in [-0.39, 0.29) is 6.54 Å². The standard InChI is InChI=1S/C21H22N2O4S/c1-16-6-10-19(11-7-16)27-20-12-8-18(9-13-20)23(28(3,24)25)15-17-5-4-14-22-21(17)26-2/h4-14H,15H2,1-3H3. The van der Waals surface area contributed by atoms with Crippen molar-refractivity contribution in [2.24, 2.45) is 0 Å². The summed E-state index contributed by atoms with van der Waals surface area (Å²) in [5.74, 6) is 1.74. The highest BCUT2D eigenvalue weighted by molar-refractivity contribution is 7.92. The number of ether oxygens (including phenoxy) is 2. The monoisotopic (exact) mass is 398 g/mol. The van der Waals surface area contributed by atoms with Gasteiger partial charge in [0.05, 0.1) is 25.6 Å². The number of hydrogen-bond acceptors (Lipinski definition) is 5. The first-order valence-electron chi connectivity index (χ1n) is 8.67. The van der Waals surface area contributed by atoms with Crippen LogP contribution in [0.4, 0.5) is 5.69 Å². The minimum absolute atomic E-state index is 0.119. The number of anilines is 1. The van der Waals surface area contributed by atoms with Crippen LogP contribution in [0.1, 0.15) is 11.1 Å². The molecule has 0 fully saturated rings. The molecular weight excluding hydrogens is 376 g/mol. The van der Waals surface area contributed by atoms with Gasteiger partial charge in [0, 0.05) is 11.8 Å². The molecule has 7 heteroatoms. The average molecular weight is 398 g/mol. The summed E-state index contributed by atoms with van der Waals surface area (Å²) in [6.07, 6.45) is 2.77. The first-order chi connectivity index (χ1) is 13.4. The van der Waals surface area contributed by atoms with E-state index in [4.69, 9.17) is 9.47 Å². The average Bonchev–Trinajstić information content (AvgIpc) is 2.68. The molecule has 3 rings (SSSR count). The zero-order chi connectivity index (χ0) is 20.1. The number of sulfonamides is 1. The number of rotatable bonds is 7. The topological polar surface area (TPSA) is 68.7 Å². The summed E-state index contributed by atoms with van der Waals surface area (Å²) >= 11 is 0. The lowest BCUT2D eigenvalue weighted by Gasteiger charge is -2.23. The summed E-state index contributed by atoms with van der Waals surface area (Å²) in [7, 11) is -2.00. The molecule has 146 valence electrons. The van der Waals surface area contributed by atoms with Crippen molar-refractivity contribution in [1.82, 2.24) is 4.98 Å². The van der Waals surface area contributed by atoms with Crippen LogP contribution < -0.4 is 13.8 Å². The molecule has 6 nitrogen and oxygen atoms in total. The molecule has 3 aromatic rings. The second-order valence-corrected chi connectivity index (χ2v) is 8.26. The maximum atomic E-state index is 12.4. The Bertz CT molecular complexity index is 1030. The Morgan fingerprint density at radius 2 is 1.57 bits per heavy atom. The van der Waals surface area contributed by atoms with E-state index in [2.05, 4.69) is 4.98 Å². The van der Waals surface area contributed by atoms with E-state index in [9.17, 15) is 8.42 Å². The summed E-state index contributed by atoms with van der Waals surface area (Å²) < 4.78 is 37.1. The molecule has 0 aliphatic heterocycles. The predicted octanol–water partition coefficient (Wildman–Crippen LogP) is 4.16. The molecule has 0 aliphatic carbocycles. The van der Waals surface area contributed by atoms with Gasteiger partial charge in [0.1, 0.15) is 11.5 Å². The van der Waals surface area contributed by atoms with Crippen LogP contribution in [0, 0.1) is 6.92 Å². The molecule has 0 N–H and O–H groups in total. The van der Waals surface area contributed by atoms with E-state index >= 15 is 0 Å². The maximum absolute atomic E-state index is 12.4. The lowest BCUT2D eigenvalue weighted by molar-refractivity contribution is 0.392. The zero-order valence-electron chi connectivity index (χ0n) is 16.0. The van der Waals surface area contributed by atoms with Crippen molar-refractivity contribution < 1.29 is 17.9 Å². The quantitative estimate of drug-likeness (QED) is 0.598. The van der Waals surface area contributed by atoms with Gasteiger partial charge in [-0.1, -0.05) is 23.8 Å². The van der Waals surface area contributed by atoms with Crippen LogP contribution in [-0.4, -0.2) is 26.8 Å². The second kappa shape index (κ2) is 8.31. The third-order valence-electron chi connectivity index (χ3n) is 4.14. The number of aryl methyl sites for hydroxylation is 1. The number of pyridine rings is 1. The summed E-state index contributed by atoms with van der Waals surface area (Å²) in [5, 5.41) is 0. The van der Waals surface area contributed by atoms with Crippen LogP contribution in [-0.2, 0) is 16.6 Å². The molecular formula is C21H22N2O4S. The van der Waals surface area contributed by atoms with Gasteiger partial charge in [-0.15, -0.1) is 0 Å². The van der Waals surface area contributed by atoms with Crippen LogP contribution in [0.2, 0.25) is 0 Å². The summed E-state index contributed by atoms with van der Waals surface area (Å²) in [6, 6.07) is 18.2. The molecule has 0 amide bonds. The molecule has 0 unspecified atom stereocenters. The van der Waals surface area contributed by atoms with E-state index in [1.165, 1.54) is 17.7 Å². The Kier molecular flexibility index (Phi) is 5.84. The highest BCUT2D eigenvalue weighted by Gasteiger charge is 2.20. The van der Waals surface area contributed by atoms with Crippen molar-refractivity contribution >= 4 is 15.7 Å². The Balaban J connectivity index is 1.84. The smallest absolute Gasteiger partial charge is 0.232 e. The number of aromatic nitrogens is 1. The fourth-order valence-electron chi connectivity index (χ4n) is 2.71. The van der Waals surface area contributed by atoms with Crippen LogP contribution in [0.5, 0.6) is 17.4 Å². The van der Waals surface area contributed by atoms with Crippen molar-refractivity contribution in [1.29, 1.82) is 0 Å². The predicted molar refractivity (Wildman–Crippen MR) is 110 cm³/mol. The molecule has 1 aromatic heterocycles. The number of nitrogens with zero attached hydrogens (tertiary/aromatic N) is 2. The van der Waals surface area contributed by atoms with E-state index in [1.54, 1.807) is 42.6 Å². The van der Waals surface area contributed by atoms with Crippen molar-refractivity contribution in [3.63, 3.8) is 0 Å². The molecule has 0 saturated heterocycles. The van der Waals surface area contributed by atoms with Gasteiger partial charge in [-0.25, -0.2) is 13.4 Å². The van der Waals surface area contributed by atoms with Crippen molar-refractivity contribution in [2.45, 2.75) is 13.5 Å². The molecule has 28 heavy (non-hydrogen) atoms. The normalized spacial score (nSPS) is 11.1. The summed E-state index contributed by atoms with van der Waals surface area (Å²) in [5.41, 5.74) is 2.36. The fraction of sp³-hybridized carbons (Fsp3) is 0.190. The first kappa shape index (κ1) is 19.7. The third kappa shape index (κ3) is 4.80. The maximum Gasteiger partial charge on any atom is 0.232 e. The minimum Gasteiger partial charge on any atom is -0.481 e. The Hall–Kier alpha value is -3.06. The van der Waals surface area contributed by atoms with E-state index in [0.717, 1.165) is 11.3 Å². The van der Waals surface area contributed by atoms with Gasteiger partial charge < -0.3 is 9.47 Å². The van der Waals surface area contributed by atoms with Gasteiger partial charge in [0.25, 0.3) is 0 Å². The molecule has 0 atom stereocenters. The van der Waals surface area contributed by atoms with Gasteiger partial charge in [-0.05, 0) is 49.4 Å². The Morgan fingerprint density at radius 3 is 2.14 bits per heavy atom. The van der Waals surface area contributed by atoms with Crippen LogP contribution in [0.25, 0.3) is 0 Å². The van der Waals surface area contributed by atoms with Crippen molar-refractivity contribution in [3.8, 4) is 17.4 Å². The van der Waals surface area contributed by atoms with Gasteiger partial charge >= 0.3 is 0 Å². The van der Waals surface area contributed by atoms with Crippen molar-refractivity contribution in [2.75, 3.05) is 17.7 Å². The molecule has 2 aromatic carbocycles. The molecule has 0 aliphatic rings. The Morgan fingerprint density at radius 1 is 0.964 bits per heavy atom. The molecule has 0 saturated carbocycles. The molecule has 0 spiro atoms. The summed E-state index contributed by atoms with van der Waals surface area (Å²) in [6.45, 7) is 2.13. The highest BCUT2D eigenvalue weighted by atomic mass is 32.2. The lowest BCUT2D eigenvalue weighted by atomic mass is 10.2. The molecule has 0 bridgehead atoms. The second-order valence-electron chi connectivity index (χ2n) is 6.35. The minimum atomic E-state index is -3.51. The Labute approximate surface area is 165 Å². The lowest BCUT2D eigenvalue weighted by Crippen LogP contribution is -2.29. The fourth-order valence-corrected chi connectivity index (χ4v) is 3.58. The third-order valence-corrected chi connectivity index (χ3v) is 5.28. The van der Waals surface area contributed by atoms with E-state index in [1.807, 2.05) is 31.2 Å². The van der Waals surface area contributed by atoms with Crippen molar-refractivity contribution in [3.05, 3.63) is 78.0 Å². The van der Waals surface area contributed by atoms with Gasteiger partial charge in [-0.2, -0.15) is 0 Å². The van der Waals surface area contributed by atoms with Gasteiger partial charge in [0.2, 0.25) is 15.9 Å². The SMILES string of the molecule is COc1ncccc1CN(c1ccc(Oc2ccc(C)cc2)cc1)S(C)(=O)=O. The van der Waals surface area contributed by atoms with E-state index in [0.29, 0.717) is 22.9 Å². The first-order valence-corrected chi connectivity index (χ1v) is 10.5. The number of benzene rings is 2. The highest BCUT2D eigenvalue weighted by Crippen LogP contribution is 2.28. The largest absolute Gasteiger partial charge is 0.481 e. The molecule has 0 radical (unpaired) electrons. The zero-order valence-corrected chi connectivity index (χ0v) is 16.8. The van der Waals surface area contributed by atoms with Crippen LogP contribution in [0.15, 0.2) is 66.9 Å². The molecule has 1 heterocycles. The van der Waals surface area contributed by atoms with Crippen LogP contribution in [0.3, 0.4) is 0 Å². The van der Waals surface area contributed by atoms with Gasteiger partial charge in [0.15, 0.2) is 0 Å². The van der Waals surface area contributed by atoms with Gasteiger partial charge in [-0.3, -0.25) is 4.31 Å². The van der Waals surface area contributed by atoms with E-state index < -0.39 is 10.0 Å². The van der Waals surface area contributed by atoms with Crippen LogP contribution >= 0.6 is 0 Å². The number of hydrogen-bond donors (Lipinski definition) is 0.